The standard InChI is InChI=1S/C21H37N3O3.HI/c1-6-21(7-2,12-14-25)16-24-20(22-8-3)23-13-11-17-9-10-18(26-4)19(15-17)27-5;/h9-10,15,25H,6-8,11-14,16H2,1-5H3,(H2,22,23,24);1H. The van der Waals surface area contributed by atoms with Gasteiger partial charge in [-0.15, -0.1) is 24.0 Å². The SMILES string of the molecule is CCNC(=NCC(CC)(CC)CCO)NCCc1ccc(OC)c(OC)c1.I. The topological polar surface area (TPSA) is 75.1 Å². The molecule has 6 nitrogen and oxygen atoms in total. The molecule has 3 N–H and O–H groups in total. The molecular weight excluding hydrogens is 469 g/mol. The van der Waals surface area contributed by atoms with E-state index in [-0.39, 0.29) is 36.0 Å². The number of aliphatic hydroxyl groups excluding tert-OH is 1. The van der Waals surface area contributed by atoms with E-state index in [1.54, 1.807) is 14.2 Å². The monoisotopic (exact) mass is 507 g/mol. The smallest absolute Gasteiger partial charge is 0.191 e. The van der Waals surface area contributed by atoms with Crippen molar-refractivity contribution in [1.29, 1.82) is 0 Å². The summed E-state index contributed by atoms with van der Waals surface area (Å²) in [5.41, 5.74) is 1.24. The van der Waals surface area contributed by atoms with Crippen LogP contribution in [-0.2, 0) is 6.42 Å². The summed E-state index contributed by atoms with van der Waals surface area (Å²) in [6, 6.07) is 5.98. The van der Waals surface area contributed by atoms with Gasteiger partial charge in [-0.25, -0.2) is 0 Å². The Hall–Kier alpha value is -1.22. The second-order valence-electron chi connectivity index (χ2n) is 6.74. The molecule has 0 atom stereocenters. The van der Waals surface area contributed by atoms with E-state index in [0.29, 0.717) is 6.54 Å². The summed E-state index contributed by atoms with van der Waals surface area (Å²) < 4.78 is 10.6. The van der Waals surface area contributed by atoms with Crippen molar-refractivity contribution in [1.82, 2.24) is 10.6 Å². The lowest BCUT2D eigenvalue weighted by atomic mass is 9.79. The van der Waals surface area contributed by atoms with Crippen LogP contribution in [-0.4, -0.2) is 51.5 Å². The lowest BCUT2D eigenvalue weighted by Gasteiger charge is -2.29. The largest absolute Gasteiger partial charge is 0.493 e. The van der Waals surface area contributed by atoms with Gasteiger partial charge in [0.1, 0.15) is 0 Å². The molecular formula is C21H38IN3O3. The molecule has 1 aromatic carbocycles. The lowest BCUT2D eigenvalue weighted by molar-refractivity contribution is 0.175. The zero-order valence-corrected chi connectivity index (χ0v) is 20.3. The van der Waals surface area contributed by atoms with Crippen LogP contribution < -0.4 is 20.1 Å². The van der Waals surface area contributed by atoms with Gasteiger partial charge in [-0.3, -0.25) is 4.99 Å². The first-order chi connectivity index (χ1) is 13.1. The van der Waals surface area contributed by atoms with Crippen molar-refractivity contribution in [3.05, 3.63) is 23.8 Å². The number of benzene rings is 1. The Labute approximate surface area is 187 Å². The molecule has 0 heterocycles. The molecule has 0 fully saturated rings. The number of methoxy groups -OCH3 is 2. The number of nitrogens with one attached hydrogen (secondary N) is 2. The van der Waals surface area contributed by atoms with E-state index in [9.17, 15) is 5.11 Å². The van der Waals surface area contributed by atoms with Crippen LogP contribution in [0.5, 0.6) is 11.5 Å². The number of aliphatic imine (C=N–C) groups is 1. The highest BCUT2D eigenvalue weighted by atomic mass is 127. The number of guanidine groups is 1. The number of aliphatic hydroxyl groups is 1. The highest BCUT2D eigenvalue weighted by Crippen LogP contribution is 2.30. The van der Waals surface area contributed by atoms with Gasteiger partial charge in [0.25, 0.3) is 0 Å². The average Bonchev–Trinajstić information content (AvgIpc) is 2.70. The molecule has 1 rings (SSSR count). The average molecular weight is 507 g/mol. The van der Waals surface area contributed by atoms with Crippen molar-refractivity contribution >= 4 is 29.9 Å². The number of hydrogen-bond acceptors (Lipinski definition) is 4. The third-order valence-electron chi connectivity index (χ3n) is 5.21. The fourth-order valence-corrected chi connectivity index (χ4v) is 3.09. The summed E-state index contributed by atoms with van der Waals surface area (Å²) in [5.74, 6) is 2.31. The summed E-state index contributed by atoms with van der Waals surface area (Å²) in [6.45, 7) is 8.91. The molecule has 0 saturated carbocycles. The molecule has 162 valence electrons. The minimum Gasteiger partial charge on any atom is -0.493 e. The minimum absolute atomic E-state index is 0. The number of hydrogen-bond donors (Lipinski definition) is 3. The van der Waals surface area contributed by atoms with Crippen molar-refractivity contribution < 1.29 is 14.6 Å². The normalized spacial score (nSPS) is 11.6. The Kier molecular flexibility index (Phi) is 14.1. The molecule has 0 radical (unpaired) electrons. The van der Waals surface area contributed by atoms with Crippen molar-refractivity contribution in [3.8, 4) is 11.5 Å². The lowest BCUT2D eigenvalue weighted by Crippen LogP contribution is -2.39. The van der Waals surface area contributed by atoms with Crippen LogP contribution in [0.25, 0.3) is 0 Å². The van der Waals surface area contributed by atoms with Crippen LogP contribution in [0.15, 0.2) is 23.2 Å². The maximum absolute atomic E-state index is 9.38. The van der Waals surface area contributed by atoms with Crippen LogP contribution >= 0.6 is 24.0 Å². The van der Waals surface area contributed by atoms with Gasteiger partial charge in [0.05, 0.1) is 14.2 Å². The van der Waals surface area contributed by atoms with E-state index in [1.165, 1.54) is 5.56 Å². The van der Waals surface area contributed by atoms with Gasteiger partial charge in [0, 0.05) is 26.2 Å². The summed E-state index contributed by atoms with van der Waals surface area (Å²) in [5, 5.41) is 16.1. The maximum atomic E-state index is 9.38. The second-order valence-corrected chi connectivity index (χ2v) is 6.74. The van der Waals surface area contributed by atoms with E-state index in [2.05, 4.69) is 31.4 Å². The zero-order valence-electron chi connectivity index (χ0n) is 18.0. The van der Waals surface area contributed by atoms with Crippen LogP contribution in [0.2, 0.25) is 0 Å². The number of nitrogens with zero attached hydrogens (tertiary/aromatic N) is 1. The van der Waals surface area contributed by atoms with Crippen molar-refractivity contribution in [2.75, 3.05) is 40.5 Å². The molecule has 0 aliphatic rings. The van der Waals surface area contributed by atoms with Crippen molar-refractivity contribution in [2.45, 2.75) is 46.5 Å². The van der Waals surface area contributed by atoms with Crippen molar-refractivity contribution in [2.24, 2.45) is 10.4 Å². The maximum Gasteiger partial charge on any atom is 0.191 e. The van der Waals surface area contributed by atoms with Gasteiger partial charge in [0.15, 0.2) is 17.5 Å². The van der Waals surface area contributed by atoms with E-state index < -0.39 is 0 Å². The van der Waals surface area contributed by atoms with Gasteiger partial charge >= 0.3 is 0 Å². The van der Waals surface area contributed by atoms with E-state index in [4.69, 9.17) is 14.5 Å². The predicted molar refractivity (Wildman–Crippen MR) is 127 cm³/mol. The Morgan fingerprint density at radius 2 is 1.75 bits per heavy atom. The van der Waals surface area contributed by atoms with Gasteiger partial charge in [0.2, 0.25) is 0 Å². The van der Waals surface area contributed by atoms with Crippen molar-refractivity contribution in [3.63, 3.8) is 0 Å². The van der Waals surface area contributed by atoms with Crippen LogP contribution in [0.4, 0.5) is 0 Å². The summed E-state index contributed by atoms with van der Waals surface area (Å²) in [4.78, 5) is 4.78. The first-order valence-corrected chi connectivity index (χ1v) is 9.92. The molecule has 28 heavy (non-hydrogen) atoms. The first kappa shape index (κ1) is 26.8. The molecule has 0 aliphatic carbocycles. The highest BCUT2D eigenvalue weighted by molar-refractivity contribution is 14.0. The van der Waals surface area contributed by atoms with Gasteiger partial charge < -0.3 is 25.2 Å². The molecule has 0 bridgehead atoms. The fourth-order valence-electron chi connectivity index (χ4n) is 3.09. The Bertz CT molecular complexity index is 578. The third-order valence-corrected chi connectivity index (χ3v) is 5.21. The highest BCUT2D eigenvalue weighted by Gasteiger charge is 2.25. The summed E-state index contributed by atoms with van der Waals surface area (Å²) >= 11 is 0. The Balaban J connectivity index is 0.00000729. The van der Waals surface area contributed by atoms with Gasteiger partial charge in [-0.2, -0.15) is 0 Å². The number of rotatable bonds is 12. The molecule has 7 heteroatoms. The van der Waals surface area contributed by atoms with E-state index >= 15 is 0 Å². The Morgan fingerprint density at radius 1 is 1.07 bits per heavy atom. The zero-order chi connectivity index (χ0) is 20.1. The van der Waals surface area contributed by atoms with E-state index in [1.807, 2.05) is 18.2 Å². The quantitative estimate of drug-likeness (QED) is 0.229. The number of ether oxygens (including phenoxy) is 2. The molecule has 0 saturated heterocycles. The summed E-state index contributed by atoms with van der Waals surface area (Å²) in [7, 11) is 3.29. The minimum atomic E-state index is 0. The predicted octanol–water partition coefficient (Wildman–Crippen LogP) is 3.61. The third kappa shape index (κ3) is 8.43. The molecule has 0 spiro atoms. The fraction of sp³-hybridized carbons (Fsp3) is 0.667. The van der Waals surface area contributed by atoms with Crippen LogP contribution in [0.1, 0.15) is 45.6 Å². The number of halogens is 1. The van der Waals surface area contributed by atoms with Crippen LogP contribution in [0.3, 0.4) is 0 Å². The molecule has 1 aromatic rings. The second kappa shape index (κ2) is 14.7. The molecule has 0 amide bonds. The first-order valence-electron chi connectivity index (χ1n) is 9.92. The van der Waals surface area contributed by atoms with Gasteiger partial charge in [-0.05, 0) is 55.7 Å². The van der Waals surface area contributed by atoms with Gasteiger partial charge in [-0.1, -0.05) is 19.9 Å². The molecule has 0 aromatic heterocycles. The summed E-state index contributed by atoms with van der Waals surface area (Å²) in [6.07, 6.45) is 3.67. The Morgan fingerprint density at radius 3 is 2.29 bits per heavy atom. The van der Waals surface area contributed by atoms with Crippen LogP contribution in [0, 0.1) is 5.41 Å². The van der Waals surface area contributed by atoms with E-state index in [0.717, 1.165) is 56.2 Å². The molecule has 0 aliphatic heterocycles. The molecule has 0 unspecified atom stereocenters.